The fourth-order valence-electron chi connectivity index (χ4n) is 5.03. The van der Waals surface area contributed by atoms with E-state index in [1.54, 1.807) is 0 Å². The molecule has 2 heterocycles. The number of benzene rings is 1. The highest BCUT2D eigenvalue weighted by Gasteiger charge is 2.43. The van der Waals surface area contributed by atoms with Crippen LogP contribution in [0.1, 0.15) is 51.0 Å². The number of rotatable bonds is 7. The quantitative estimate of drug-likeness (QED) is 0.707. The van der Waals surface area contributed by atoms with Crippen LogP contribution in [0.3, 0.4) is 0 Å². The van der Waals surface area contributed by atoms with E-state index in [-0.39, 0.29) is 29.7 Å². The zero-order valence-corrected chi connectivity index (χ0v) is 18.5. The molecule has 5 nitrogen and oxygen atoms in total. The highest BCUT2D eigenvalue weighted by Crippen LogP contribution is 2.34. The monoisotopic (exact) mass is 399 g/mol. The van der Waals surface area contributed by atoms with Gasteiger partial charge in [-0.05, 0) is 57.3 Å². The van der Waals surface area contributed by atoms with E-state index < -0.39 is 0 Å². The number of carbonyl (C=O) groups is 2. The van der Waals surface area contributed by atoms with Crippen molar-refractivity contribution in [1.82, 2.24) is 14.7 Å². The standard InChI is InChI=1S/C24H37N3O2/c1-18(2)23(19-10-6-5-7-11-19)24(29)26-16-20-12-8-15-27(21(20)17-26)22(28)13-9-14-25(3)4/h5-7,10-11,18,20-21,23H,8-9,12-17H2,1-4H3/t20-,21+,23?/m0/s1. The van der Waals surface area contributed by atoms with Crippen LogP contribution < -0.4 is 0 Å². The van der Waals surface area contributed by atoms with E-state index in [1.807, 2.05) is 37.2 Å². The normalized spacial score (nSPS) is 22.8. The van der Waals surface area contributed by atoms with Crippen LogP contribution in [0, 0.1) is 11.8 Å². The average Bonchev–Trinajstić information content (AvgIpc) is 3.12. The van der Waals surface area contributed by atoms with E-state index in [0.717, 1.165) is 44.5 Å². The third-order valence-electron chi connectivity index (χ3n) is 6.50. The number of hydrogen-bond acceptors (Lipinski definition) is 3. The Hall–Kier alpha value is -1.88. The van der Waals surface area contributed by atoms with Gasteiger partial charge in [0.25, 0.3) is 0 Å². The van der Waals surface area contributed by atoms with Crippen molar-refractivity contribution in [1.29, 1.82) is 0 Å². The molecule has 1 aromatic rings. The van der Waals surface area contributed by atoms with Gasteiger partial charge < -0.3 is 14.7 Å². The van der Waals surface area contributed by atoms with Crippen LogP contribution in [0.2, 0.25) is 0 Å². The molecular weight excluding hydrogens is 362 g/mol. The first-order valence-electron chi connectivity index (χ1n) is 11.2. The van der Waals surface area contributed by atoms with Crippen molar-refractivity contribution < 1.29 is 9.59 Å². The Morgan fingerprint density at radius 1 is 1.14 bits per heavy atom. The maximum absolute atomic E-state index is 13.5. The molecule has 1 unspecified atom stereocenters. The summed E-state index contributed by atoms with van der Waals surface area (Å²) < 4.78 is 0. The van der Waals surface area contributed by atoms with Crippen LogP contribution in [0.25, 0.3) is 0 Å². The average molecular weight is 400 g/mol. The van der Waals surface area contributed by atoms with Gasteiger partial charge >= 0.3 is 0 Å². The van der Waals surface area contributed by atoms with E-state index in [2.05, 4.69) is 35.8 Å². The molecule has 29 heavy (non-hydrogen) atoms. The molecule has 0 aromatic heterocycles. The Morgan fingerprint density at radius 3 is 2.52 bits per heavy atom. The molecule has 2 aliphatic heterocycles. The highest BCUT2D eigenvalue weighted by molar-refractivity contribution is 5.84. The Bertz CT molecular complexity index is 689. The lowest BCUT2D eigenvalue weighted by Gasteiger charge is -2.37. The molecular formula is C24H37N3O2. The van der Waals surface area contributed by atoms with Crippen LogP contribution in [0.15, 0.2) is 30.3 Å². The zero-order chi connectivity index (χ0) is 21.0. The molecule has 2 amide bonds. The largest absolute Gasteiger partial charge is 0.340 e. The number of amides is 2. The van der Waals surface area contributed by atoms with Crippen LogP contribution >= 0.6 is 0 Å². The maximum Gasteiger partial charge on any atom is 0.230 e. The molecule has 3 rings (SSSR count). The van der Waals surface area contributed by atoms with Crippen LogP contribution in [-0.4, -0.2) is 72.8 Å². The van der Waals surface area contributed by atoms with Gasteiger partial charge in [-0.2, -0.15) is 0 Å². The summed E-state index contributed by atoms with van der Waals surface area (Å²) >= 11 is 0. The van der Waals surface area contributed by atoms with E-state index >= 15 is 0 Å². The summed E-state index contributed by atoms with van der Waals surface area (Å²) in [4.78, 5) is 32.6. The Morgan fingerprint density at radius 2 is 1.86 bits per heavy atom. The predicted octanol–water partition coefficient (Wildman–Crippen LogP) is 3.22. The fraction of sp³-hybridized carbons (Fsp3) is 0.667. The summed E-state index contributed by atoms with van der Waals surface area (Å²) in [5, 5.41) is 0. The number of piperidine rings is 1. The molecule has 2 saturated heterocycles. The van der Waals surface area contributed by atoms with E-state index in [1.165, 1.54) is 0 Å². The molecule has 3 atom stereocenters. The summed E-state index contributed by atoms with van der Waals surface area (Å²) in [5.41, 5.74) is 1.10. The van der Waals surface area contributed by atoms with Gasteiger partial charge in [0.1, 0.15) is 0 Å². The van der Waals surface area contributed by atoms with Gasteiger partial charge in [0.2, 0.25) is 11.8 Å². The van der Waals surface area contributed by atoms with Gasteiger partial charge in [-0.3, -0.25) is 9.59 Å². The van der Waals surface area contributed by atoms with Crippen LogP contribution in [0.4, 0.5) is 0 Å². The first-order chi connectivity index (χ1) is 13.9. The van der Waals surface area contributed by atoms with Crippen LogP contribution in [0.5, 0.6) is 0 Å². The van der Waals surface area contributed by atoms with Crippen LogP contribution in [-0.2, 0) is 9.59 Å². The second kappa shape index (κ2) is 9.75. The van der Waals surface area contributed by atoms with Gasteiger partial charge in [0.15, 0.2) is 0 Å². The van der Waals surface area contributed by atoms with Gasteiger partial charge in [-0.25, -0.2) is 0 Å². The molecule has 0 bridgehead atoms. The summed E-state index contributed by atoms with van der Waals surface area (Å²) in [5.74, 6) is 1.05. The molecule has 160 valence electrons. The molecule has 5 heteroatoms. The topological polar surface area (TPSA) is 43.9 Å². The van der Waals surface area contributed by atoms with Crippen molar-refractivity contribution in [3.05, 3.63) is 35.9 Å². The highest BCUT2D eigenvalue weighted by atomic mass is 16.2. The number of fused-ring (bicyclic) bond motifs is 1. The summed E-state index contributed by atoms with van der Waals surface area (Å²) in [7, 11) is 4.08. The van der Waals surface area contributed by atoms with Crippen molar-refractivity contribution in [2.45, 2.75) is 51.5 Å². The maximum atomic E-state index is 13.5. The van der Waals surface area contributed by atoms with Gasteiger partial charge in [-0.1, -0.05) is 44.2 Å². The zero-order valence-electron chi connectivity index (χ0n) is 18.5. The summed E-state index contributed by atoms with van der Waals surface area (Å²) in [6.45, 7) is 7.51. The number of nitrogens with zero attached hydrogens (tertiary/aromatic N) is 3. The lowest BCUT2D eigenvalue weighted by Crippen LogP contribution is -2.48. The fourth-order valence-corrected chi connectivity index (χ4v) is 5.03. The predicted molar refractivity (Wildman–Crippen MR) is 117 cm³/mol. The van der Waals surface area contributed by atoms with E-state index in [9.17, 15) is 9.59 Å². The third-order valence-corrected chi connectivity index (χ3v) is 6.50. The number of carbonyl (C=O) groups excluding carboxylic acids is 2. The lowest BCUT2D eigenvalue weighted by molar-refractivity contribution is -0.137. The van der Waals surface area contributed by atoms with Crippen molar-refractivity contribution in [3.63, 3.8) is 0 Å². The minimum absolute atomic E-state index is 0.111. The second-order valence-electron chi connectivity index (χ2n) is 9.34. The molecule has 1 aromatic carbocycles. The Labute approximate surface area is 176 Å². The molecule has 0 saturated carbocycles. The lowest BCUT2D eigenvalue weighted by atomic mass is 9.87. The smallest absolute Gasteiger partial charge is 0.230 e. The molecule has 0 N–H and O–H groups in total. The first-order valence-corrected chi connectivity index (χ1v) is 11.2. The van der Waals surface area contributed by atoms with Gasteiger partial charge in [0, 0.05) is 26.1 Å². The number of likely N-dealkylation sites (tertiary alicyclic amines) is 2. The number of hydrogen-bond donors (Lipinski definition) is 0. The Kier molecular flexibility index (Phi) is 7.33. The van der Waals surface area contributed by atoms with Crippen molar-refractivity contribution in [2.75, 3.05) is 40.3 Å². The van der Waals surface area contributed by atoms with Crippen molar-refractivity contribution >= 4 is 11.8 Å². The molecule has 2 aliphatic rings. The first kappa shape index (κ1) is 21.8. The van der Waals surface area contributed by atoms with Crippen molar-refractivity contribution in [2.24, 2.45) is 11.8 Å². The summed E-state index contributed by atoms with van der Waals surface area (Å²) in [6.07, 6.45) is 3.67. The van der Waals surface area contributed by atoms with Gasteiger partial charge in [-0.15, -0.1) is 0 Å². The van der Waals surface area contributed by atoms with E-state index in [0.29, 0.717) is 18.9 Å². The third kappa shape index (κ3) is 5.19. The molecule has 0 aliphatic carbocycles. The second-order valence-corrected chi connectivity index (χ2v) is 9.34. The SMILES string of the molecule is CC(C)C(C(=O)N1C[C@@H]2CCCN(C(=O)CCCN(C)C)[C@@H]2C1)c1ccccc1. The Balaban J connectivity index is 1.67. The van der Waals surface area contributed by atoms with E-state index in [4.69, 9.17) is 0 Å². The molecule has 0 radical (unpaired) electrons. The van der Waals surface area contributed by atoms with Gasteiger partial charge in [0.05, 0.1) is 12.0 Å². The van der Waals surface area contributed by atoms with Crippen molar-refractivity contribution in [3.8, 4) is 0 Å². The molecule has 0 spiro atoms. The summed E-state index contributed by atoms with van der Waals surface area (Å²) in [6, 6.07) is 10.3. The minimum atomic E-state index is -0.111. The minimum Gasteiger partial charge on any atom is -0.340 e. The molecule has 2 fully saturated rings.